The largest absolute Gasteiger partial charge is 0.468 e. The van der Waals surface area contributed by atoms with Gasteiger partial charge in [-0.05, 0) is 19.1 Å². The number of hydrogen-bond acceptors (Lipinski definition) is 5. The molecule has 0 unspecified atom stereocenters. The van der Waals surface area contributed by atoms with Crippen LogP contribution in [0.5, 0.6) is 6.01 Å². The van der Waals surface area contributed by atoms with Crippen LogP contribution in [0.15, 0.2) is 23.0 Å². The minimum Gasteiger partial charge on any atom is -0.468 e. The van der Waals surface area contributed by atoms with E-state index in [2.05, 4.69) is 9.72 Å². The number of halogens is 5. The molecule has 0 fully saturated rings. The number of hydrogen-bond donors (Lipinski definition) is 0. The molecule has 0 aliphatic heterocycles. The predicted molar refractivity (Wildman–Crippen MR) is 82.3 cm³/mol. The summed E-state index contributed by atoms with van der Waals surface area (Å²) >= 11 is 5.79. The molecule has 26 heavy (non-hydrogen) atoms. The lowest BCUT2D eigenvalue weighted by Crippen LogP contribution is -2.25. The zero-order valence-electron chi connectivity index (χ0n) is 13.4. The molecule has 0 spiro atoms. The van der Waals surface area contributed by atoms with Gasteiger partial charge in [-0.25, -0.2) is 13.8 Å². The van der Waals surface area contributed by atoms with Crippen molar-refractivity contribution in [3.63, 3.8) is 0 Å². The average molecular weight is 395 g/mol. The highest BCUT2D eigenvalue weighted by Gasteiger charge is 2.35. The van der Waals surface area contributed by atoms with E-state index >= 15 is 0 Å². The molecule has 0 aliphatic carbocycles. The molecule has 0 aliphatic rings. The Morgan fingerprint density at radius 2 is 1.96 bits per heavy atom. The van der Waals surface area contributed by atoms with Crippen LogP contribution in [0.4, 0.5) is 17.6 Å². The third-order valence-corrected chi connectivity index (χ3v) is 3.45. The Morgan fingerprint density at radius 1 is 1.31 bits per heavy atom. The van der Waals surface area contributed by atoms with Crippen molar-refractivity contribution >= 4 is 17.6 Å². The molecule has 11 heteroatoms. The third kappa shape index (κ3) is 3.79. The molecule has 0 bridgehead atoms. The second-order valence-corrected chi connectivity index (χ2v) is 5.21. The number of esters is 1. The molecule has 140 valence electrons. The summed E-state index contributed by atoms with van der Waals surface area (Å²) in [5, 5.41) is -0.295. The first kappa shape index (κ1) is 19.7. The van der Waals surface area contributed by atoms with Crippen LogP contribution in [0.3, 0.4) is 0 Å². The lowest BCUT2D eigenvalue weighted by Gasteiger charge is -2.15. The van der Waals surface area contributed by atoms with Crippen molar-refractivity contribution in [2.75, 3.05) is 13.7 Å². The maximum atomic E-state index is 14.3. The van der Waals surface area contributed by atoms with Gasteiger partial charge in [-0.15, -0.1) is 0 Å². The molecule has 2 rings (SSSR count). The summed E-state index contributed by atoms with van der Waals surface area (Å²) in [4.78, 5) is 27.2. The summed E-state index contributed by atoms with van der Waals surface area (Å²) in [5.74, 6) is -1.98. The fourth-order valence-corrected chi connectivity index (χ4v) is 2.27. The Labute approximate surface area is 148 Å². The van der Waals surface area contributed by atoms with E-state index in [0.717, 1.165) is 19.2 Å². The Morgan fingerprint density at radius 3 is 2.50 bits per heavy atom. The van der Waals surface area contributed by atoms with Crippen molar-refractivity contribution in [3.8, 4) is 11.7 Å². The van der Waals surface area contributed by atoms with Crippen molar-refractivity contribution in [3.05, 3.63) is 50.7 Å². The zero-order chi connectivity index (χ0) is 19.6. The van der Waals surface area contributed by atoms with Crippen molar-refractivity contribution < 1.29 is 31.8 Å². The van der Waals surface area contributed by atoms with Gasteiger partial charge in [0.05, 0.1) is 30.0 Å². The minimum absolute atomic E-state index is 0.00692. The summed E-state index contributed by atoms with van der Waals surface area (Å²) in [6.07, 6.45) is -4.90. The van der Waals surface area contributed by atoms with Gasteiger partial charge < -0.3 is 9.47 Å². The van der Waals surface area contributed by atoms with E-state index in [-0.39, 0.29) is 23.3 Å². The van der Waals surface area contributed by atoms with Crippen LogP contribution in [0, 0.1) is 5.82 Å². The monoisotopic (exact) mass is 394 g/mol. The van der Waals surface area contributed by atoms with E-state index in [1.807, 2.05) is 0 Å². The lowest BCUT2D eigenvalue weighted by molar-refractivity contribution is -0.141. The number of carbonyl (C=O) groups is 1. The maximum Gasteiger partial charge on any atom is 0.433 e. The number of alkyl halides is 3. The molecule has 0 amide bonds. The van der Waals surface area contributed by atoms with Crippen LogP contribution in [-0.2, 0) is 10.9 Å². The van der Waals surface area contributed by atoms with Gasteiger partial charge in [0.25, 0.3) is 5.56 Å². The van der Waals surface area contributed by atoms with Crippen LogP contribution in [0.1, 0.15) is 23.0 Å². The van der Waals surface area contributed by atoms with E-state index in [1.54, 1.807) is 0 Å². The van der Waals surface area contributed by atoms with Gasteiger partial charge in [-0.1, -0.05) is 11.6 Å². The second-order valence-electron chi connectivity index (χ2n) is 4.80. The van der Waals surface area contributed by atoms with E-state index < -0.39 is 40.9 Å². The van der Waals surface area contributed by atoms with Gasteiger partial charge in [0.2, 0.25) is 0 Å². The summed E-state index contributed by atoms with van der Waals surface area (Å²) in [5.41, 5.74) is -3.62. The molecular weight excluding hydrogens is 384 g/mol. The molecule has 0 atom stereocenters. The Kier molecular flexibility index (Phi) is 5.55. The summed E-state index contributed by atoms with van der Waals surface area (Å²) < 4.78 is 62.5. The van der Waals surface area contributed by atoms with Gasteiger partial charge in [0, 0.05) is 6.07 Å². The highest BCUT2D eigenvalue weighted by molar-refractivity contribution is 6.33. The van der Waals surface area contributed by atoms with Gasteiger partial charge in [0.15, 0.2) is 5.69 Å². The van der Waals surface area contributed by atoms with E-state index in [0.29, 0.717) is 4.57 Å². The molecule has 1 heterocycles. The van der Waals surface area contributed by atoms with E-state index in [4.69, 9.17) is 16.3 Å². The Bertz CT molecular complexity index is 912. The average Bonchev–Trinajstić information content (AvgIpc) is 2.54. The molecule has 0 saturated heterocycles. The van der Waals surface area contributed by atoms with Crippen molar-refractivity contribution in [2.45, 2.75) is 13.1 Å². The molecule has 0 N–H and O–H groups in total. The molecule has 1 aromatic carbocycles. The number of nitrogens with zero attached hydrogens (tertiary/aromatic N) is 2. The number of rotatable bonds is 4. The van der Waals surface area contributed by atoms with Crippen molar-refractivity contribution in [1.29, 1.82) is 0 Å². The van der Waals surface area contributed by atoms with Crippen LogP contribution in [-0.4, -0.2) is 29.2 Å². The standard InChI is InChI=1S/C15H11ClF4N2O4/c1-3-26-13(24)7-4-10(9(17)5-8(7)16)22-12(23)6-11(15(18,19)20)21-14(22)25-2/h4-6H,3H2,1-2H3. The molecule has 0 radical (unpaired) electrons. The topological polar surface area (TPSA) is 70.4 Å². The first-order valence-corrected chi connectivity index (χ1v) is 7.39. The number of ether oxygens (including phenoxy) is 2. The minimum atomic E-state index is -4.90. The first-order valence-electron chi connectivity index (χ1n) is 7.02. The number of aromatic nitrogens is 2. The molecule has 0 saturated carbocycles. The van der Waals surface area contributed by atoms with Crippen LogP contribution >= 0.6 is 11.6 Å². The molecular formula is C15H11ClF4N2O4. The predicted octanol–water partition coefficient (Wildman–Crippen LogP) is 3.23. The Balaban J connectivity index is 2.74. The fraction of sp³-hybridized carbons (Fsp3) is 0.267. The summed E-state index contributed by atoms with van der Waals surface area (Å²) in [6, 6.07) is 0.961. The SMILES string of the molecule is CCOC(=O)c1cc(-n2c(OC)nc(C(F)(F)F)cc2=O)c(F)cc1Cl. The highest BCUT2D eigenvalue weighted by Crippen LogP contribution is 2.30. The van der Waals surface area contributed by atoms with Gasteiger partial charge in [-0.3, -0.25) is 4.79 Å². The second kappa shape index (κ2) is 7.32. The van der Waals surface area contributed by atoms with Gasteiger partial charge >= 0.3 is 18.2 Å². The summed E-state index contributed by atoms with van der Waals surface area (Å²) in [7, 11) is 0.957. The molecule has 2 aromatic rings. The lowest BCUT2D eigenvalue weighted by atomic mass is 10.2. The molecule has 1 aromatic heterocycles. The van der Waals surface area contributed by atoms with Crippen molar-refractivity contribution in [2.24, 2.45) is 0 Å². The van der Waals surface area contributed by atoms with Gasteiger partial charge in [0.1, 0.15) is 5.82 Å². The number of methoxy groups -OCH3 is 1. The maximum absolute atomic E-state index is 14.3. The zero-order valence-corrected chi connectivity index (χ0v) is 14.1. The number of benzene rings is 1. The quantitative estimate of drug-likeness (QED) is 0.588. The summed E-state index contributed by atoms with van der Waals surface area (Å²) in [6.45, 7) is 1.54. The van der Waals surface area contributed by atoms with Crippen LogP contribution in [0.2, 0.25) is 5.02 Å². The van der Waals surface area contributed by atoms with Gasteiger partial charge in [-0.2, -0.15) is 18.2 Å². The first-order chi connectivity index (χ1) is 12.1. The molecule has 6 nitrogen and oxygen atoms in total. The Hall–Kier alpha value is -2.62. The normalized spacial score (nSPS) is 11.3. The van der Waals surface area contributed by atoms with Crippen LogP contribution < -0.4 is 10.3 Å². The van der Waals surface area contributed by atoms with E-state index in [1.165, 1.54) is 6.92 Å². The van der Waals surface area contributed by atoms with Crippen LogP contribution in [0.25, 0.3) is 5.69 Å². The fourth-order valence-electron chi connectivity index (χ4n) is 2.04. The smallest absolute Gasteiger partial charge is 0.433 e. The third-order valence-electron chi connectivity index (χ3n) is 3.13. The van der Waals surface area contributed by atoms with E-state index in [9.17, 15) is 27.2 Å². The van der Waals surface area contributed by atoms with Crippen molar-refractivity contribution in [1.82, 2.24) is 9.55 Å². The highest BCUT2D eigenvalue weighted by atomic mass is 35.5. The number of carbonyl (C=O) groups excluding carboxylic acids is 1.